The summed E-state index contributed by atoms with van der Waals surface area (Å²) in [6, 6.07) is 4.80. The van der Waals surface area contributed by atoms with Crippen LogP contribution in [0.2, 0.25) is 0 Å². The Labute approximate surface area is 130 Å². The summed E-state index contributed by atoms with van der Waals surface area (Å²) >= 11 is 0. The van der Waals surface area contributed by atoms with Crippen molar-refractivity contribution in [2.75, 3.05) is 36.9 Å². The van der Waals surface area contributed by atoms with Crippen molar-refractivity contribution in [2.45, 2.75) is 32.3 Å². The van der Waals surface area contributed by atoms with Gasteiger partial charge in [-0.1, -0.05) is 19.8 Å². The molecule has 1 aliphatic heterocycles. The molecule has 1 heterocycles. The van der Waals surface area contributed by atoms with Gasteiger partial charge in [-0.25, -0.2) is 9.18 Å². The molecule has 1 amide bonds. The number of halogens is 1. The normalized spacial score (nSPS) is 17.7. The quantitative estimate of drug-likeness (QED) is 0.725. The maximum Gasteiger partial charge on any atom is 0.414 e. The Balaban J connectivity index is 1.98. The van der Waals surface area contributed by atoms with E-state index in [0.29, 0.717) is 24.5 Å². The molecule has 1 atom stereocenters. The van der Waals surface area contributed by atoms with Crippen molar-refractivity contribution in [3.05, 3.63) is 24.0 Å². The highest BCUT2D eigenvalue weighted by molar-refractivity contribution is 5.90. The van der Waals surface area contributed by atoms with Gasteiger partial charge in [0.25, 0.3) is 0 Å². The third-order valence-electron chi connectivity index (χ3n) is 3.67. The van der Waals surface area contributed by atoms with Gasteiger partial charge in [-0.3, -0.25) is 4.90 Å². The van der Waals surface area contributed by atoms with E-state index in [4.69, 9.17) is 4.74 Å². The molecule has 5 nitrogen and oxygen atoms in total. The number of anilines is 2. The number of hydrogen-bond acceptors (Lipinski definition) is 4. The van der Waals surface area contributed by atoms with E-state index in [1.807, 2.05) is 0 Å². The number of hydrogen-bond donors (Lipinski definition) is 2. The largest absolute Gasteiger partial charge is 0.443 e. The van der Waals surface area contributed by atoms with Gasteiger partial charge in [0.1, 0.15) is 11.9 Å². The molecule has 1 aliphatic rings. The summed E-state index contributed by atoms with van der Waals surface area (Å²) in [7, 11) is 1.80. The molecule has 1 saturated heterocycles. The van der Waals surface area contributed by atoms with Crippen LogP contribution in [0.15, 0.2) is 18.2 Å². The Bertz CT molecular complexity index is 510. The van der Waals surface area contributed by atoms with Gasteiger partial charge in [0.2, 0.25) is 0 Å². The second kappa shape index (κ2) is 7.98. The van der Waals surface area contributed by atoms with Crippen molar-refractivity contribution in [1.82, 2.24) is 5.32 Å². The van der Waals surface area contributed by atoms with Crippen LogP contribution in [-0.4, -0.2) is 38.9 Å². The van der Waals surface area contributed by atoms with E-state index in [-0.39, 0.29) is 11.9 Å². The van der Waals surface area contributed by atoms with Gasteiger partial charge in [-0.15, -0.1) is 0 Å². The van der Waals surface area contributed by atoms with E-state index in [2.05, 4.69) is 17.6 Å². The summed E-state index contributed by atoms with van der Waals surface area (Å²) in [5, 5.41) is 6.05. The van der Waals surface area contributed by atoms with Crippen LogP contribution in [0.1, 0.15) is 26.2 Å². The average molecular weight is 309 g/mol. The number of ether oxygens (including phenoxy) is 1. The summed E-state index contributed by atoms with van der Waals surface area (Å²) in [5.41, 5.74) is 0.999. The molecule has 1 fully saturated rings. The van der Waals surface area contributed by atoms with Gasteiger partial charge in [-0.05, 0) is 31.7 Å². The Kier molecular flexibility index (Phi) is 6.00. The molecule has 1 aromatic carbocycles. The van der Waals surface area contributed by atoms with E-state index >= 15 is 0 Å². The minimum absolute atomic E-state index is 0.201. The van der Waals surface area contributed by atoms with Crippen molar-refractivity contribution >= 4 is 17.5 Å². The molecule has 0 aromatic heterocycles. The van der Waals surface area contributed by atoms with Crippen molar-refractivity contribution in [1.29, 1.82) is 0 Å². The van der Waals surface area contributed by atoms with Crippen LogP contribution in [0.5, 0.6) is 0 Å². The number of likely N-dealkylation sites (N-methyl/N-ethyl adjacent to an activating group) is 1. The maximum atomic E-state index is 14.1. The van der Waals surface area contributed by atoms with Gasteiger partial charge in [0, 0.05) is 13.1 Å². The third-order valence-corrected chi connectivity index (χ3v) is 3.67. The molecular formula is C16H24FN3O2. The van der Waals surface area contributed by atoms with Crippen LogP contribution >= 0.6 is 0 Å². The van der Waals surface area contributed by atoms with Gasteiger partial charge in [0.05, 0.1) is 17.9 Å². The summed E-state index contributed by atoms with van der Waals surface area (Å²) < 4.78 is 19.3. The van der Waals surface area contributed by atoms with Crippen LogP contribution in [0.4, 0.5) is 20.6 Å². The zero-order valence-corrected chi connectivity index (χ0v) is 13.2. The molecule has 122 valence electrons. The average Bonchev–Trinajstić information content (AvgIpc) is 2.86. The number of amides is 1. The standard InChI is InChI=1S/C16H24FN3O2/c1-3-4-5-8-19-15-7-6-12(9-14(15)17)20-11-13(10-18-2)22-16(20)21/h6-7,9,13,18-19H,3-5,8,10-11H2,1-2H3. The van der Waals surface area contributed by atoms with Crippen LogP contribution in [0, 0.1) is 5.82 Å². The Morgan fingerprint density at radius 3 is 2.91 bits per heavy atom. The zero-order chi connectivity index (χ0) is 15.9. The Morgan fingerprint density at radius 1 is 1.41 bits per heavy atom. The highest BCUT2D eigenvalue weighted by atomic mass is 19.1. The smallest absolute Gasteiger partial charge is 0.414 e. The van der Waals surface area contributed by atoms with Crippen molar-refractivity contribution in [2.24, 2.45) is 0 Å². The predicted octanol–water partition coefficient (Wildman–Crippen LogP) is 2.97. The lowest BCUT2D eigenvalue weighted by molar-refractivity contribution is 0.141. The molecule has 0 spiro atoms. The molecule has 1 unspecified atom stereocenters. The van der Waals surface area contributed by atoms with Crippen molar-refractivity contribution in [3.8, 4) is 0 Å². The molecule has 22 heavy (non-hydrogen) atoms. The molecule has 0 aliphatic carbocycles. The number of benzene rings is 1. The first-order chi connectivity index (χ1) is 10.7. The number of carbonyl (C=O) groups excluding carboxylic acids is 1. The van der Waals surface area contributed by atoms with Gasteiger partial charge in [0.15, 0.2) is 0 Å². The molecular weight excluding hydrogens is 285 g/mol. The Morgan fingerprint density at radius 2 is 2.23 bits per heavy atom. The monoisotopic (exact) mass is 309 g/mol. The zero-order valence-electron chi connectivity index (χ0n) is 13.2. The van der Waals surface area contributed by atoms with Crippen LogP contribution in [0.25, 0.3) is 0 Å². The number of nitrogens with one attached hydrogen (secondary N) is 2. The molecule has 2 rings (SSSR count). The van der Waals surface area contributed by atoms with E-state index in [9.17, 15) is 9.18 Å². The lowest BCUT2D eigenvalue weighted by Gasteiger charge is -2.15. The van der Waals surface area contributed by atoms with E-state index in [1.165, 1.54) is 11.0 Å². The number of nitrogens with zero attached hydrogens (tertiary/aromatic N) is 1. The van der Waals surface area contributed by atoms with Crippen LogP contribution in [0.3, 0.4) is 0 Å². The van der Waals surface area contributed by atoms with Crippen molar-refractivity contribution in [3.63, 3.8) is 0 Å². The summed E-state index contributed by atoms with van der Waals surface area (Å²) in [6.45, 7) is 3.90. The third kappa shape index (κ3) is 4.10. The second-order valence-corrected chi connectivity index (χ2v) is 5.47. The predicted molar refractivity (Wildman–Crippen MR) is 86.0 cm³/mol. The maximum absolute atomic E-state index is 14.1. The molecule has 2 N–H and O–H groups in total. The van der Waals surface area contributed by atoms with E-state index in [1.54, 1.807) is 19.2 Å². The van der Waals surface area contributed by atoms with Crippen LogP contribution < -0.4 is 15.5 Å². The van der Waals surface area contributed by atoms with E-state index in [0.717, 1.165) is 25.8 Å². The minimum atomic E-state index is -0.427. The second-order valence-electron chi connectivity index (χ2n) is 5.47. The highest BCUT2D eigenvalue weighted by Gasteiger charge is 2.32. The number of unbranched alkanes of at least 4 members (excludes halogenated alkanes) is 2. The number of cyclic esters (lactones) is 1. The fourth-order valence-corrected chi connectivity index (χ4v) is 2.48. The summed E-state index contributed by atoms with van der Waals surface area (Å²) in [6.07, 6.45) is 2.64. The minimum Gasteiger partial charge on any atom is -0.443 e. The molecule has 6 heteroatoms. The molecule has 0 saturated carbocycles. The van der Waals surface area contributed by atoms with Gasteiger partial charge in [-0.2, -0.15) is 0 Å². The fraction of sp³-hybridized carbons (Fsp3) is 0.562. The lowest BCUT2D eigenvalue weighted by atomic mass is 10.2. The first-order valence-corrected chi connectivity index (χ1v) is 7.82. The SMILES string of the molecule is CCCCCNc1ccc(N2CC(CNC)OC2=O)cc1F. The van der Waals surface area contributed by atoms with E-state index < -0.39 is 6.09 Å². The number of carbonyl (C=O) groups is 1. The molecule has 0 radical (unpaired) electrons. The summed E-state index contributed by atoms with van der Waals surface area (Å²) in [4.78, 5) is 13.3. The topological polar surface area (TPSA) is 53.6 Å². The van der Waals surface area contributed by atoms with Crippen LogP contribution in [-0.2, 0) is 4.74 Å². The first kappa shape index (κ1) is 16.5. The number of rotatable bonds is 8. The fourth-order valence-electron chi connectivity index (χ4n) is 2.48. The molecule has 1 aromatic rings. The molecule has 0 bridgehead atoms. The first-order valence-electron chi connectivity index (χ1n) is 7.82. The summed E-state index contributed by atoms with van der Waals surface area (Å²) in [5.74, 6) is -0.348. The Hall–Kier alpha value is -1.82. The highest BCUT2D eigenvalue weighted by Crippen LogP contribution is 2.25. The van der Waals surface area contributed by atoms with Gasteiger partial charge < -0.3 is 15.4 Å². The van der Waals surface area contributed by atoms with Gasteiger partial charge >= 0.3 is 6.09 Å². The lowest BCUT2D eigenvalue weighted by Crippen LogP contribution is -2.29. The van der Waals surface area contributed by atoms with Crippen molar-refractivity contribution < 1.29 is 13.9 Å².